The first-order valence-corrected chi connectivity index (χ1v) is 6.30. The number of hydrogen-bond acceptors (Lipinski definition) is 6. The third-order valence-corrected chi connectivity index (χ3v) is 3.45. The molecule has 7 nitrogen and oxygen atoms in total. The van der Waals surface area contributed by atoms with E-state index in [4.69, 9.17) is 11.5 Å². The molecule has 1 aliphatic heterocycles. The zero-order valence-corrected chi connectivity index (χ0v) is 10.9. The van der Waals surface area contributed by atoms with Crippen molar-refractivity contribution >= 4 is 17.6 Å². The largest absolute Gasteiger partial charge is 0.386 e. The fourth-order valence-corrected chi connectivity index (χ4v) is 2.54. The van der Waals surface area contributed by atoms with Crippen LogP contribution in [0.2, 0.25) is 0 Å². The highest BCUT2D eigenvalue weighted by atomic mass is 16.1. The minimum atomic E-state index is -0.716. The molecule has 0 amide bonds. The van der Waals surface area contributed by atoms with Crippen LogP contribution in [-0.2, 0) is 0 Å². The van der Waals surface area contributed by atoms with Crippen LogP contribution in [0, 0.1) is 17.2 Å². The Morgan fingerprint density at radius 1 is 1.24 bits per heavy atom. The summed E-state index contributed by atoms with van der Waals surface area (Å²) in [4.78, 5) is 22.8. The Hall–Kier alpha value is -3.14. The fraction of sp³-hybridized carbons (Fsp3) is 0.143. The van der Waals surface area contributed by atoms with Crippen LogP contribution in [0.4, 0.5) is 11.8 Å². The predicted octanol–water partition coefficient (Wildman–Crippen LogP) is 0.626. The number of nitriles is 1. The molecule has 0 unspecified atom stereocenters. The van der Waals surface area contributed by atoms with Crippen molar-refractivity contribution in [3.63, 3.8) is 0 Å². The van der Waals surface area contributed by atoms with Gasteiger partial charge in [0.15, 0.2) is 5.82 Å². The van der Waals surface area contributed by atoms with Crippen molar-refractivity contribution in [1.82, 2.24) is 9.97 Å². The fourth-order valence-electron chi connectivity index (χ4n) is 2.54. The predicted molar refractivity (Wildman–Crippen MR) is 77.9 cm³/mol. The van der Waals surface area contributed by atoms with Gasteiger partial charge in [0.25, 0.3) is 5.56 Å². The monoisotopic (exact) mass is 280 g/mol. The molecular weight excluding hydrogens is 268 g/mol. The van der Waals surface area contributed by atoms with Gasteiger partial charge in [0.1, 0.15) is 11.8 Å². The maximum absolute atomic E-state index is 12.2. The number of hydrogen-bond donors (Lipinski definition) is 3. The number of H-pyrrole nitrogens is 1. The molecule has 2 aromatic rings. The van der Waals surface area contributed by atoms with Gasteiger partial charge in [-0.05, 0) is 5.56 Å². The lowest BCUT2D eigenvalue weighted by Crippen LogP contribution is -2.35. The smallest absolute Gasteiger partial charge is 0.258 e. The van der Waals surface area contributed by atoms with E-state index in [0.717, 1.165) is 5.56 Å². The van der Waals surface area contributed by atoms with Gasteiger partial charge in [0.2, 0.25) is 5.95 Å². The molecule has 0 saturated carbocycles. The number of nitrogen functional groups attached to an aromatic ring is 1. The van der Waals surface area contributed by atoms with Gasteiger partial charge in [0, 0.05) is 5.92 Å². The first-order valence-electron chi connectivity index (χ1n) is 6.30. The number of nitrogens with one attached hydrogen (secondary N) is 1. The number of nitrogens with two attached hydrogens (primary N) is 2. The molecule has 0 spiro atoms. The van der Waals surface area contributed by atoms with Crippen LogP contribution in [0.5, 0.6) is 0 Å². The maximum Gasteiger partial charge on any atom is 0.258 e. The Labute approximate surface area is 120 Å². The Bertz CT molecular complexity index is 818. The second-order valence-electron chi connectivity index (χ2n) is 4.72. The van der Waals surface area contributed by atoms with Crippen molar-refractivity contribution < 1.29 is 0 Å². The number of fused-ring (bicyclic) bond motifs is 1. The molecule has 0 aliphatic carbocycles. The first kappa shape index (κ1) is 12.9. The van der Waals surface area contributed by atoms with Crippen LogP contribution in [0.3, 0.4) is 0 Å². The number of anilines is 1. The quantitative estimate of drug-likeness (QED) is 0.704. The lowest BCUT2D eigenvalue weighted by molar-refractivity contribution is 0.696. The Morgan fingerprint density at radius 2 is 1.95 bits per heavy atom. The molecule has 0 fully saturated rings. The highest BCUT2D eigenvalue weighted by Gasteiger charge is 2.36. The molecule has 3 rings (SSSR count). The molecule has 5 N–H and O–H groups in total. The molecule has 1 aliphatic rings. The zero-order chi connectivity index (χ0) is 15.0. The minimum Gasteiger partial charge on any atom is -0.386 e. The SMILES string of the molecule is N#C[C@H]1C(N)=Nc2nc(N)[nH]c(=O)c2[C@H]1c1ccccc1. The normalized spacial score (nSPS) is 20.2. The van der Waals surface area contributed by atoms with E-state index >= 15 is 0 Å². The molecular formula is C14H12N6O. The summed E-state index contributed by atoms with van der Waals surface area (Å²) >= 11 is 0. The third-order valence-electron chi connectivity index (χ3n) is 3.45. The molecule has 21 heavy (non-hydrogen) atoms. The van der Waals surface area contributed by atoms with Crippen molar-refractivity contribution in [1.29, 1.82) is 5.26 Å². The van der Waals surface area contributed by atoms with Crippen LogP contribution in [-0.4, -0.2) is 15.8 Å². The number of aliphatic imine (C=N–C) groups is 1. The highest BCUT2D eigenvalue weighted by Crippen LogP contribution is 2.38. The third kappa shape index (κ3) is 2.03. The lowest BCUT2D eigenvalue weighted by Gasteiger charge is -2.26. The number of aromatic amines is 1. The first-order chi connectivity index (χ1) is 10.1. The molecule has 1 aromatic heterocycles. The number of benzene rings is 1. The summed E-state index contributed by atoms with van der Waals surface area (Å²) in [7, 11) is 0. The molecule has 7 heteroatoms. The average Bonchev–Trinajstić information content (AvgIpc) is 2.46. The molecule has 2 heterocycles. The summed E-state index contributed by atoms with van der Waals surface area (Å²) in [6, 6.07) is 11.3. The van der Waals surface area contributed by atoms with E-state index in [2.05, 4.69) is 21.0 Å². The van der Waals surface area contributed by atoms with Crippen LogP contribution in [0.1, 0.15) is 17.0 Å². The summed E-state index contributed by atoms with van der Waals surface area (Å²) in [5, 5.41) is 9.40. The average molecular weight is 280 g/mol. The van der Waals surface area contributed by atoms with E-state index in [1.807, 2.05) is 30.3 Å². The van der Waals surface area contributed by atoms with Gasteiger partial charge in [-0.2, -0.15) is 10.2 Å². The second kappa shape index (κ2) is 4.76. The molecule has 0 bridgehead atoms. The van der Waals surface area contributed by atoms with E-state index in [-0.39, 0.29) is 17.6 Å². The number of rotatable bonds is 1. The van der Waals surface area contributed by atoms with Crippen molar-refractivity contribution in [2.45, 2.75) is 5.92 Å². The van der Waals surface area contributed by atoms with Crippen molar-refractivity contribution in [2.75, 3.05) is 5.73 Å². The van der Waals surface area contributed by atoms with E-state index < -0.39 is 17.4 Å². The Kier molecular flexibility index (Phi) is 2.92. The summed E-state index contributed by atoms with van der Waals surface area (Å²) in [5.41, 5.74) is 12.1. The number of nitrogens with zero attached hydrogens (tertiary/aromatic N) is 3. The Morgan fingerprint density at radius 3 is 2.62 bits per heavy atom. The van der Waals surface area contributed by atoms with Gasteiger partial charge in [-0.25, -0.2) is 4.99 Å². The standard InChI is InChI=1S/C14H12N6O/c15-6-8-9(7-4-2-1-3-5-7)10-12(18-11(8)16)19-14(17)20-13(10)21/h1-5,8-9H,(H5,16,17,18,19,20,21)/t8-,9+/m1/s1. The number of amidine groups is 1. The van der Waals surface area contributed by atoms with Crippen LogP contribution in [0.25, 0.3) is 0 Å². The Balaban J connectivity index is 2.31. The minimum absolute atomic E-state index is 0.0301. The summed E-state index contributed by atoms with van der Waals surface area (Å²) < 4.78 is 0. The second-order valence-corrected chi connectivity index (χ2v) is 4.72. The maximum atomic E-state index is 12.2. The van der Waals surface area contributed by atoms with Crippen LogP contribution >= 0.6 is 0 Å². The van der Waals surface area contributed by atoms with Gasteiger partial charge in [-0.1, -0.05) is 30.3 Å². The zero-order valence-electron chi connectivity index (χ0n) is 10.9. The molecule has 2 atom stereocenters. The molecule has 0 saturated heterocycles. The van der Waals surface area contributed by atoms with E-state index in [0.29, 0.717) is 5.56 Å². The van der Waals surface area contributed by atoms with Gasteiger partial charge in [0.05, 0.1) is 11.6 Å². The molecule has 1 aromatic carbocycles. The van der Waals surface area contributed by atoms with Gasteiger partial charge in [-0.15, -0.1) is 0 Å². The highest BCUT2D eigenvalue weighted by molar-refractivity contribution is 5.91. The van der Waals surface area contributed by atoms with E-state index in [9.17, 15) is 10.1 Å². The van der Waals surface area contributed by atoms with E-state index in [1.54, 1.807) is 0 Å². The summed E-state index contributed by atoms with van der Waals surface area (Å²) in [6.45, 7) is 0. The van der Waals surface area contributed by atoms with Gasteiger partial charge in [-0.3, -0.25) is 9.78 Å². The van der Waals surface area contributed by atoms with Crippen LogP contribution in [0.15, 0.2) is 40.1 Å². The topological polar surface area (TPSA) is 134 Å². The van der Waals surface area contributed by atoms with Gasteiger partial charge < -0.3 is 11.5 Å². The van der Waals surface area contributed by atoms with Crippen molar-refractivity contribution in [3.05, 3.63) is 51.8 Å². The summed E-state index contributed by atoms with van der Waals surface area (Å²) in [5.74, 6) is -0.949. The van der Waals surface area contributed by atoms with Gasteiger partial charge >= 0.3 is 0 Å². The molecule has 0 radical (unpaired) electrons. The number of aromatic nitrogens is 2. The van der Waals surface area contributed by atoms with Crippen molar-refractivity contribution in [2.24, 2.45) is 16.6 Å². The lowest BCUT2D eigenvalue weighted by atomic mass is 9.79. The molecule has 104 valence electrons. The van der Waals surface area contributed by atoms with Crippen molar-refractivity contribution in [3.8, 4) is 6.07 Å². The van der Waals surface area contributed by atoms with Crippen LogP contribution < -0.4 is 17.0 Å². The summed E-state index contributed by atoms with van der Waals surface area (Å²) in [6.07, 6.45) is 0. The van der Waals surface area contributed by atoms with E-state index in [1.165, 1.54) is 0 Å².